The number of hydrogen-bond acceptors (Lipinski definition) is 5. The van der Waals surface area contributed by atoms with E-state index >= 15 is 0 Å². The second kappa shape index (κ2) is 9.77. The van der Waals surface area contributed by atoms with E-state index in [1.165, 1.54) is 18.9 Å². The van der Waals surface area contributed by atoms with Gasteiger partial charge in [-0.25, -0.2) is 0 Å². The number of amides is 2. The average molecular weight is 436 g/mol. The minimum atomic E-state index is -0.311. The molecular formula is C25H29N3O4. The topological polar surface area (TPSA) is 78.9 Å². The van der Waals surface area contributed by atoms with E-state index in [1.807, 2.05) is 42.1 Å². The lowest BCUT2D eigenvalue weighted by Crippen LogP contribution is -2.41. The summed E-state index contributed by atoms with van der Waals surface area (Å²) in [6, 6.07) is 12.7. The van der Waals surface area contributed by atoms with E-state index in [0.29, 0.717) is 18.0 Å². The van der Waals surface area contributed by atoms with Crippen LogP contribution in [0.25, 0.3) is 0 Å². The predicted octanol–water partition coefficient (Wildman–Crippen LogP) is 5.17. The van der Waals surface area contributed by atoms with Gasteiger partial charge in [-0.1, -0.05) is 19.3 Å². The van der Waals surface area contributed by atoms with Gasteiger partial charge in [0.05, 0.1) is 12.5 Å². The second-order valence-corrected chi connectivity index (χ2v) is 8.37. The summed E-state index contributed by atoms with van der Waals surface area (Å²) in [5.41, 5.74) is 2.60. The molecule has 0 radical (unpaired) electrons. The molecule has 0 spiro atoms. The third-order valence-corrected chi connectivity index (χ3v) is 5.91. The van der Waals surface area contributed by atoms with Gasteiger partial charge in [-0.2, -0.15) is 0 Å². The number of hydrogen-bond donors (Lipinski definition) is 1. The Balaban J connectivity index is 1.63. The van der Waals surface area contributed by atoms with Gasteiger partial charge in [-0.3, -0.25) is 9.59 Å². The van der Waals surface area contributed by atoms with Crippen molar-refractivity contribution in [3.05, 3.63) is 72.1 Å². The smallest absolute Gasteiger partial charge is 0.291 e. The summed E-state index contributed by atoms with van der Waals surface area (Å²) in [4.78, 5) is 29.7. The first-order chi connectivity index (χ1) is 15.5. The number of carbonyl (C=O) groups is 2. The van der Waals surface area contributed by atoms with Gasteiger partial charge >= 0.3 is 0 Å². The van der Waals surface area contributed by atoms with E-state index in [-0.39, 0.29) is 23.6 Å². The fourth-order valence-corrected chi connectivity index (χ4v) is 4.31. The monoisotopic (exact) mass is 435 g/mol. The van der Waals surface area contributed by atoms with Crippen LogP contribution < -0.4 is 10.2 Å². The summed E-state index contributed by atoms with van der Waals surface area (Å²) in [5, 5.41) is 2.89. The van der Waals surface area contributed by atoms with Crippen LogP contribution in [0, 0.1) is 0 Å². The highest BCUT2D eigenvalue weighted by Gasteiger charge is 2.29. The molecule has 1 aliphatic carbocycles. The molecular weight excluding hydrogens is 406 g/mol. The van der Waals surface area contributed by atoms with E-state index in [0.717, 1.165) is 36.9 Å². The first-order valence-electron chi connectivity index (χ1n) is 11.0. The van der Waals surface area contributed by atoms with E-state index < -0.39 is 0 Å². The Labute approximate surface area is 188 Å². The normalized spacial score (nSPS) is 14.2. The van der Waals surface area contributed by atoms with Crippen LogP contribution in [0.1, 0.15) is 58.8 Å². The maximum absolute atomic E-state index is 13.3. The fourth-order valence-electron chi connectivity index (χ4n) is 4.31. The average Bonchev–Trinajstić information content (AvgIpc) is 3.52. The Kier molecular flexibility index (Phi) is 6.63. The zero-order valence-electron chi connectivity index (χ0n) is 18.5. The van der Waals surface area contributed by atoms with Crippen molar-refractivity contribution in [2.45, 2.75) is 44.7 Å². The standard InChI is InChI=1S/C25H29N3O4/c1-27(2)21-13-12-19(26-24(29)22-10-6-14-31-22)16-18(21)17-28(20-8-4-3-5-9-20)25(30)23-11-7-15-32-23/h6-7,10-16,20H,3-5,8-9,17H2,1-2H3,(H,26,29). The number of nitrogens with zero attached hydrogens (tertiary/aromatic N) is 2. The van der Waals surface area contributed by atoms with Gasteiger partial charge in [0.1, 0.15) is 0 Å². The summed E-state index contributed by atoms with van der Waals surface area (Å²) in [6.07, 6.45) is 8.41. The Bertz CT molecular complexity index is 1040. The number of nitrogens with one attached hydrogen (secondary N) is 1. The molecule has 7 nitrogen and oxygen atoms in total. The molecule has 4 rings (SSSR count). The molecule has 0 unspecified atom stereocenters. The minimum absolute atomic E-state index is 0.100. The third kappa shape index (κ3) is 4.88. The molecule has 0 bridgehead atoms. The van der Waals surface area contributed by atoms with Crippen LogP contribution in [0.3, 0.4) is 0 Å². The van der Waals surface area contributed by atoms with Crippen LogP contribution in [-0.2, 0) is 6.54 Å². The highest BCUT2D eigenvalue weighted by atomic mass is 16.3. The van der Waals surface area contributed by atoms with Crippen LogP contribution in [0.4, 0.5) is 11.4 Å². The lowest BCUT2D eigenvalue weighted by Gasteiger charge is -2.35. The number of rotatable bonds is 7. The molecule has 3 aromatic rings. The molecule has 1 fully saturated rings. The van der Waals surface area contributed by atoms with Crippen LogP contribution in [-0.4, -0.2) is 36.9 Å². The number of carbonyl (C=O) groups excluding carboxylic acids is 2. The van der Waals surface area contributed by atoms with E-state index in [1.54, 1.807) is 24.3 Å². The van der Waals surface area contributed by atoms with Gasteiger partial charge in [0.2, 0.25) is 0 Å². The molecule has 0 saturated heterocycles. The summed E-state index contributed by atoms with van der Waals surface area (Å²) >= 11 is 0. The van der Waals surface area contributed by atoms with Gasteiger partial charge in [-0.15, -0.1) is 0 Å². The molecule has 168 valence electrons. The summed E-state index contributed by atoms with van der Waals surface area (Å²) in [7, 11) is 3.94. The van der Waals surface area contributed by atoms with Crippen molar-refractivity contribution in [1.82, 2.24) is 4.90 Å². The van der Waals surface area contributed by atoms with E-state index in [9.17, 15) is 9.59 Å². The van der Waals surface area contributed by atoms with Crippen molar-refractivity contribution < 1.29 is 18.4 Å². The molecule has 1 saturated carbocycles. The molecule has 32 heavy (non-hydrogen) atoms. The fraction of sp³-hybridized carbons (Fsp3) is 0.360. The van der Waals surface area contributed by atoms with Crippen molar-refractivity contribution in [1.29, 1.82) is 0 Å². The molecule has 2 heterocycles. The van der Waals surface area contributed by atoms with Crippen LogP contribution in [0.5, 0.6) is 0 Å². The van der Waals surface area contributed by atoms with Crippen molar-refractivity contribution >= 4 is 23.2 Å². The third-order valence-electron chi connectivity index (χ3n) is 5.91. The lowest BCUT2D eigenvalue weighted by atomic mass is 9.93. The van der Waals surface area contributed by atoms with Gasteiger partial charge in [0.25, 0.3) is 11.8 Å². The Morgan fingerprint density at radius 1 is 0.969 bits per heavy atom. The van der Waals surface area contributed by atoms with Gasteiger partial charge in [0.15, 0.2) is 11.5 Å². The van der Waals surface area contributed by atoms with Crippen molar-refractivity contribution in [2.75, 3.05) is 24.3 Å². The van der Waals surface area contributed by atoms with Crippen LogP contribution >= 0.6 is 0 Å². The van der Waals surface area contributed by atoms with Gasteiger partial charge in [0, 0.05) is 38.1 Å². The lowest BCUT2D eigenvalue weighted by molar-refractivity contribution is 0.0582. The summed E-state index contributed by atoms with van der Waals surface area (Å²) in [6.45, 7) is 0.433. The maximum Gasteiger partial charge on any atom is 0.291 e. The van der Waals surface area contributed by atoms with Crippen LogP contribution in [0.15, 0.2) is 63.8 Å². The number of benzene rings is 1. The largest absolute Gasteiger partial charge is 0.459 e. The Morgan fingerprint density at radius 3 is 2.28 bits per heavy atom. The zero-order valence-corrected chi connectivity index (χ0v) is 18.5. The van der Waals surface area contributed by atoms with E-state index in [2.05, 4.69) is 5.32 Å². The molecule has 2 amide bonds. The molecule has 0 aliphatic heterocycles. The van der Waals surface area contributed by atoms with Crippen molar-refractivity contribution in [3.8, 4) is 0 Å². The highest BCUT2D eigenvalue weighted by molar-refractivity contribution is 6.02. The SMILES string of the molecule is CN(C)c1ccc(NC(=O)c2ccco2)cc1CN(C(=O)c1ccco1)C1CCCCC1. The number of furan rings is 2. The molecule has 2 aromatic heterocycles. The van der Waals surface area contributed by atoms with Gasteiger partial charge < -0.3 is 24.0 Å². The highest BCUT2D eigenvalue weighted by Crippen LogP contribution is 2.30. The molecule has 1 N–H and O–H groups in total. The molecule has 1 aromatic carbocycles. The van der Waals surface area contributed by atoms with Crippen molar-refractivity contribution in [2.24, 2.45) is 0 Å². The van der Waals surface area contributed by atoms with Crippen LogP contribution in [0.2, 0.25) is 0 Å². The summed E-state index contributed by atoms with van der Waals surface area (Å²) < 4.78 is 10.6. The minimum Gasteiger partial charge on any atom is -0.459 e. The maximum atomic E-state index is 13.3. The van der Waals surface area contributed by atoms with Gasteiger partial charge in [-0.05, 0) is 60.9 Å². The first kappa shape index (κ1) is 21.7. The van der Waals surface area contributed by atoms with Crippen molar-refractivity contribution in [3.63, 3.8) is 0 Å². The molecule has 7 heteroatoms. The second-order valence-electron chi connectivity index (χ2n) is 8.37. The summed E-state index contributed by atoms with van der Waals surface area (Å²) in [5.74, 6) is 0.190. The quantitative estimate of drug-likeness (QED) is 0.554. The zero-order chi connectivity index (χ0) is 22.5. The molecule has 1 aliphatic rings. The molecule has 0 atom stereocenters. The Hall–Kier alpha value is -3.48. The first-order valence-corrected chi connectivity index (χ1v) is 11.0. The predicted molar refractivity (Wildman–Crippen MR) is 123 cm³/mol. The van der Waals surface area contributed by atoms with E-state index in [4.69, 9.17) is 8.83 Å². The Morgan fingerprint density at radius 2 is 1.66 bits per heavy atom. The number of anilines is 2.